The molecule has 0 fully saturated rings. The molecule has 3 aromatic rings. The number of fused-ring (bicyclic) bond motifs is 1. The minimum atomic E-state index is -3.90. The Morgan fingerprint density at radius 1 is 1.16 bits per heavy atom. The van der Waals surface area contributed by atoms with Crippen LogP contribution in [0.5, 0.6) is 5.75 Å². The van der Waals surface area contributed by atoms with Crippen LogP contribution in [0.25, 0.3) is 10.2 Å². The average molecular weight is 464 g/mol. The second-order valence-electron chi connectivity index (χ2n) is 6.37. The van der Waals surface area contributed by atoms with Crippen LogP contribution in [0.15, 0.2) is 58.4 Å². The molecule has 1 aromatic heterocycles. The topological polar surface area (TPSA) is 130 Å². The third-order valence-electron chi connectivity index (χ3n) is 4.12. The lowest BCUT2D eigenvalue weighted by Crippen LogP contribution is -2.23. The van der Waals surface area contributed by atoms with Crippen molar-refractivity contribution in [1.82, 2.24) is 4.57 Å². The van der Waals surface area contributed by atoms with E-state index in [-0.39, 0.29) is 35.9 Å². The second-order valence-corrected chi connectivity index (χ2v) is 8.94. The fraction of sp³-hybridized carbons (Fsp3) is 0.250. The summed E-state index contributed by atoms with van der Waals surface area (Å²) in [5, 5.41) is 5.20. The number of amides is 1. The van der Waals surface area contributed by atoms with Gasteiger partial charge in [-0.2, -0.15) is 4.99 Å². The Balaban J connectivity index is 1.90. The highest BCUT2D eigenvalue weighted by atomic mass is 32.2. The van der Waals surface area contributed by atoms with Crippen LogP contribution in [0.4, 0.5) is 0 Å². The first-order chi connectivity index (χ1) is 14.8. The monoisotopic (exact) mass is 463 g/mol. The highest BCUT2D eigenvalue weighted by molar-refractivity contribution is 7.89. The lowest BCUT2D eigenvalue weighted by molar-refractivity contribution is -0.143. The van der Waals surface area contributed by atoms with Gasteiger partial charge in [-0.05, 0) is 37.3 Å². The van der Waals surface area contributed by atoms with Gasteiger partial charge in [-0.1, -0.05) is 29.5 Å². The van der Waals surface area contributed by atoms with Gasteiger partial charge in [0.1, 0.15) is 12.3 Å². The van der Waals surface area contributed by atoms with E-state index in [4.69, 9.17) is 14.6 Å². The van der Waals surface area contributed by atoms with Gasteiger partial charge in [0.15, 0.2) is 4.80 Å². The molecule has 0 spiro atoms. The normalized spacial score (nSPS) is 12.1. The highest BCUT2D eigenvalue weighted by Gasteiger charge is 2.15. The summed E-state index contributed by atoms with van der Waals surface area (Å²) in [5.74, 6) is -0.296. The molecule has 0 atom stereocenters. The number of primary sulfonamides is 1. The first-order valence-electron chi connectivity index (χ1n) is 9.35. The summed E-state index contributed by atoms with van der Waals surface area (Å²) in [6.45, 7) is 1.87. The molecule has 0 aliphatic heterocycles. The van der Waals surface area contributed by atoms with Crippen LogP contribution in [0.3, 0.4) is 0 Å². The fourth-order valence-corrected chi connectivity index (χ4v) is 4.44. The van der Waals surface area contributed by atoms with Gasteiger partial charge >= 0.3 is 5.97 Å². The van der Waals surface area contributed by atoms with Crippen LogP contribution in [0, 0.1) is 0 Å². The number of aromatic nitrogens is 1. The predicted octanol–water partition coefficient (Wildman–Crippen LogP) is 1.81. The van der Waals surface area contributed by atoms with Gasteiger partial charge in [-0.25, -0.2) is 13.6 Å². The Bertz CT molecular complexity index is 1260. The lowest BCUT2D eigenvalue weighted by Gasteiger charge is -2.06. The third-order valence-corrected chi connectivity index (χ3v) is 6.08. The molecule has 3 rings (SSSR count). The molecule has 31 heavy (non-hydrogen) atoms. The molecule has 1 heterocycles. The van der Waals surface area contributed by atoms with E-state index in [1.54, 1.807) is 19.1 Å². The van der Waals surface area contributed by atoms with Crippen molar-refractivity contribution in [2.45, 2.75) is 24.8 Å². The number of esters is 1. The van der Waals surface area contributed by atoms with Gasteiger partial charge in [-0.3, -0.25) is 9.59 Å². The highest BCUT2D eigenvalue weighted by Crippen LogP contribution is 2.21. The number of hydrogen-bond donors (Lipinski definition) is 1. The Morgan fingerprint density at radius 2 is 1.90 bits per heavy atom. The molecule has 0 saturated heterocycles. The Hall–Kier alpha value is -3.02. The fourth-order valence-electron chi connectivity index (χ4n) is 2.74. The summed E-state index contributed by atoms with van der Waals surface area (Å²) >= 11 is 1.08. The third kappa shape index (κ3) is 6.00. The van der Waals surface area contributed by atoms with E-state index >= 15 is 0 Å². The van der Waals surface area contributed by atoms with Crippen molar-refractivity contribution >= 4 is 43.5 Å². The van der Waals surface area contributed by atoms with Gasteiger partial charge in [0, 0.05) is 0 Å². The molecule has 9 nitrogen and oxygen atoms in total. The van der Waals surface area contributed by atoms with E-state index in [1.807, 2.05) is 18.2 Å². The number of carbonyl (C=O) groups is 2. The second kappa shape index (κ2) is 9.86. The number of benzene rings is 2. The molecule has 0 saturated carbocycles. The van der Waals surface area contributed by atoms with E-state index in [0.717, 1.165) is 11.3 Å². The number of nitrogens with two attached hydrogens (primary N) is 1. The molecule has 0 bridgehead atoms. The van der Waals surface area contributed by atoms with Gasteiger partial charge < -0.3 is 14.0 Å². The zero-order chi connectivity index (χ0) is 22.4. The molecule has 0 unspecified atom stereocenters. The van der Waals surface area contributed by atoms with E-state index in [2.05, 4.69) is 4.99 Å². The SMILES string of the molecule is CCOC(=O)Cn1c(=NC(=O)CCOc2ccccc2)sc2cc(S(N)(=O)=O)ccc21. The summed E-state index contributed by atoms with van der Waals surface area (Å²) < 4.78 is 35.9. The van der Waals surface area contributed by atoms with E-state index in [9.17, 15) is 18.0 Å². The largest absolute Gasteiger partial charge is 0.493 e. The number of rotatable bonds is 8. The molecular weight excluding hydrogens is 442 g/mol. The molecule has 1 amide bonds. The van der Waals surface area contributed by atoms with Gasteiger partial charge in [0.05, 0.1) is 34.7 Å². The van der Waals surface area contributed by atoms with Crippen LogP contribution in [-0.2, 0) is 30.9 Å². The van der Waals surface area contributed by atoms with Gasteiger partial charge in [-0.15, -0.1) is 0 Å². The van der Waals surface area contributed by atoms with Crippen LogP contribution in [0.1, 0.15) is 13.3 Å². The molecule has 164 valence electrons. The van der Waals surface area contributed by atoms with Crippen molar-refractivity contribution in [2.24, 2.45) is 10.1 Å². The number of thiazole rings is 1. The molecule has 2 aromatic carbocycles. The average Bonchev–Trinajstić information content (AvgIpc) is 3.04. The molecule has 0 radical (unpaired) electrons. The minimum Gasteiger partial charge on any atom is -0.493 e. The molecule has 2 N–H and O–H groups in total. The van der Waals surface area contributed by atoms with Crippen molar-refractivity contribution in [3.63, 3.8) is 0 Å². The first-order valence-corrected chi connectivity index (χ1v) is 11.7. The number of sulfonamides is 1. The van der Waals surface area contributed by atoms with E-state index in [0.29, 0.717) is 16.0 Å². The number of para-hydroxylation sites is 1. The predicted molar refractivity (Wildman–Crippen MR) is 115 cm³/mol. The van der Waals surface area contributed by atoms with Crippen molar-refractivity contribution in [2.75, 3.05) is 13.2 Å². The van der Waals surface area contributed by atoms with Gasteiger partial charge in [0.25, 0.3) is 5.91 Å². The Kier molecular flexibility index (Phi) is 7.21. The summed E-state index contributed by atoms with van der Waals surface area (Å²) in [6, 6.07) is 13.3. The number of carbonyl (C=O) groups excluding carboxylic acids is 2. The summed E-state index contributed by atoms with van der Waals surface area (Å²) in [4.78, 5) is 28.7. The quantitative estimate of drug-likeness (QED) is 0.507. The van der Waals surface area contributed by atoms with Crippen LogP contribution in [-0.4, -0.2) is 38.1 Å². The Labute approximate surface area is 182 Å². The minimum absolute atomic E-state index is 0.0327. The van der Waals surface area contributed by atoms with Crippen molar-refractivity contribution < 1.29 is 27.5 Å². The van der Waals surface area contributed by atoms with Crippen molar-refractivity contribution in [3.8, 4) is 5.75 Å². The van der Waals surface area contributed by atoms with E-state index in [1.165, 1.54) is 22.8 Å². The number of ether oxygens (including phenoxy) is 2. The molecule has 11 heteroatoms. The zero-order valence-electron chi connectivity index (χ0n) is 16.7. The summed E-state index contributed by atoms with van der Waals surface area (Å²) in [6.07, 6.45) is 0.0327. The number of nitrogens with zero attached hydrogens (tertiary/aromatic N) is 2. The van der Waals surface area contributed by atoms with Crippen LogP contribution in [0.2, 0.25) is 0 Å². The molecule has 0 aliphatic rings. The summed E-state index contributed by atoms with van der Waals surface area (Å²) in [7, 11) is -3.90. The lowest BCUT2D eigenvalue weighted by atomic mass is 10.3. The molecule has 0 aliphatic carbocycles. The van der Waals surface area contributed by atoms with Gasteiger partial charge in [0.2, 0.25) is 10.0 Å². The number of hydrogen-bond acceptors (Lipinski definition) is 7. The molecular formula is C20H21N3O6S2. The first kappa shape index (κ1) is 22.7. The standard InChI is InChI=1S/C20H21N3O6S2/c1-2-28-19(25)13-23-16-9-8-15(31(21,26)27)12-17(16)30-20(23)22-18(24)10-11-29-14-6-4-3-5-7-14/h3-9,12H,2,10-11,13H2,1H3,(H2,21,26,27). The zero-order valence-corrected chi connectivity index (χ0v) is 18.3. The smallest absolute Gasteiger partial charge is 0.326 e. The maximum Gasteiger partial charge on any atom is 0.326 e. The maximum atomic E-state index is 12.4. The van der Waals surface area contributed by atoms with Crippen molar-refractivity contribution in [3.05, 3.63) is 53.3 Å². The summed E-state index contributed by atoms with van der Waals surface area (Å²) in [5.41, 5.74) is 0.539. The Morgan fingerprint density at radius 3 is 2.58 bits per heavy atom. The van der Waals surface area contributed by atoms with E-state index < -0.39 is 21.9 Å². The van der Waals surface area contributed by atoms with Crippen LogP contribution >= 0.6 is 11.3 Å². The van der Waals surface area contributed by atoms with Crippen molar-refractivity contribution in [1.29, 1.82) is 0 Å². The van der Waals surface area contributed by atoms with Crippen LogP contribution < -0.4 is 14.7 Å². The maximum absolute atomic E-state index is 12.4.